The van der Waals surface area contributed by atoms with Crippen LogP contribution < -0.4 is 10.6 Å². The van der Waals surface area contributed by atoms with Crippen LogP contribution in [0, 0.1) is 0 Å². The maximum atomic E-state index is 3.63. The average Bonchev–Trinajstić information content (AvgIpc) is 2.00. The van der Waals surface area contributed by atoms with E-state index < -0.39 is 0 Å². The second-order valence-electron chi connectivity index (χ2n) is 4.80. The molecule has 2 N–H and O–H groups in total. The van der Waals surface area contributed by atoms with Crippen LogP contribution in [0.15, 0.2) is 0 Å². The zero-order chi connectivity index (χ0) is 9.73. The van der Waals surface area contributed by atoms with Gasteiger partial charge in [-0.3, -0.25) is 0 Å². The first-order valence-electron chi connectivity index (χ1n) is 5.61. The van der Waals surface area contributed by atoms with Crippen LogP contribution >= 0.6 is 0 Å². The van der Waals surface area contributed by atoms with E-state index in [2.05, 4.69) is 31.4 Å². The molecule has 1 saturated carbocycles. The van der Waals surface area contributed by atoms with Crippen LogP contribution in [0.4, 0.5) is 0 Å². The average molecular weight is 184 g/mol. The molecule has 0 atom stereocenters. The SMILES string of the molecule is CC(C)NCCCNC1(C)CCC1. The maximum absolute atomic E-state index is 3.63. The van der Waals surface area contributed by atoms with Crippen LogP contribution in [0.5, 0.6) is 0 Å². The van der Waals surface area contributed by atoms with Crippen molar-refractivity contribution in [2.24, 2.45) is 0 Å². The van der Waals surface area contributed by atoms with Crippen LogP contribution in [-0.2, 0) is 0 Å². The summed E-state index contributed by atoms with van der Waals surface area (Å²) in [5, 5.41) is 7.06. The predicted molar refractivity (Wildman–Crippen MR) is 58.0 cm³/mol. The van der Waals surface area contributed by atoms with Gasteiger partial charge in [-0.15, -0.1) is 0 Å². The summed E-state index contributed by atoms with van der Waals surface area (Å²) in [6.45, 7) is 9.03. The minimum absolute atomic E-state index is 0.484. The highest BCUT2D eigenvalue weighted by Gasteiger charge is 2.30. The van der Waals surface area contributed by atoms with E-state index >= 15 is 0 Å². The van der Waals surface area contributed by atoms with Crippen molar-refractivity contribution >= 4 is 0 Å². The first-order chi connectivity index (χ1) is 6.12. The third kappa shape index (κ3) is 4.10. The number of hydrogen-bond acceptors (Lipinski definition) is 2. The van der Waals surface area contributed by atoms with Crippen molar-refractivity contribution in [3.63, 3.8) is 0 Å². The largest absolute Gasteiger partial charge is 0.314 e. The molecule has 0 aromatic heterocycles. The molecular formula is C11H24N2. The predicted octanol–water partition coefficient (Wildman–Crippen LogP) is 1.91. The van der Waals surface area contributed by atoms with Gasteiger partial charge in [-0.1, -0.05) is 13.8 Å². The highest BCUT2D eigenvalue weighted by Crippen LogP contribution is 2.30. The van der Waals surface area contributed by atoms with Crippen molar-refractivity contribution < 1.29 is 0 Å². The first-order valence-corrected chi connectivity index (χ1v) is 5.61. The molecule has 1 rings (SSSR count). The second kappa shape index (κ2) is 4.97. The minimum atomic E-state index is 0.484. The van der Waals surface area contributed by atoms with E-state index in [1.165, 1.54) is 25.7 Å². The van der Waals surface area contributed by atoms with Crippen LogP contribution in [0.3, 0.4) is 0 Å². The summed E-state index contributed by atoms with van der Waals surface area (Å²) in [7, 11) is 0. The van der Waals surface area contributed by atoms with E-state index in [9.17, 15) is 0 Å². The molecule has 78 valence electrons. The zero-order valence-corrected chi connectivity index (χ0v) is 9.32. The molecule has 0 unspecified atom stereocenters. The van der Waals surface area contributed by atoms with Gasteiger partial charge in [-0.25, -0.2) is 0 Å². The fourth-order valence-corrected chi connectivity index (χ4v) is 1.75. The fraction of sp³-hybridized carbons (Fsp3) is 1.00. The van der Waals surface area contributed by atoms with Gasteiger partial charge >= 0.3 is 0 Å². The molecule has 0 radical (unpaired) electrons. The molecule has 2 nitrogen and oxygen atoms in total. The molecule has 0 saturated heterocycles. The third-order valence-corrected chi connectivity index (χ3v) is 2.92. The normalized spacial score (nSPS) is 20.3. The number of nitrogens with one attached hydrogen (secondary N) is 2. The molecule has 0 bridgehead atoms. The summed E-state index contributed by atoms with van der Waals surface area (Å²) in [6, 6.07) is 0.624. The van der Waals surface area contributed by atoms with Gasteiger partial charge in [0.1, 0.15) is 0 Å². The van der Waals surface area contributed by atoms with Gasteiger partial charge in [0.05, 0.1) is 0 Å². The lowest BCUT2D eigenvalue weighted by molar-refractivity contribution is 0.208. The lowest BCUT2D eigenvalue weighted by Gasteiger charge is -2.39. The Kier molecular flexibility index (Phi) is 4.20. The van der Waals surface area contributed by atoms with Crippen molar-refractivity contribution in [3.8, 4) is 0 Å². The van der Waals surface area contributed by atoms with E-state index in [1.54, 1.807) is 0 Å². The van der Waals surface area contributed by atoms with E-state index in [4.69, 9.17) is 0 Å². The van der Waals surface area contributed by atoms with Gasteiger partial charge in [0.25, 0.3) is 0 Å². The first kappa shape index (κ1) is 11.0. The topological polar surface area (TPSA) is 24.1 Å². The molecule has 1 fully saturated rings. The van der Waals surface area contributed by atoms with Gasteiger partial charge in [0, 0.05) is 11.6 Å². The molecule has 1 aliphatic rings. The maximum Gasteiger partial charge on any atom is 0.0153 e. The Bertz CT molecular complexity index is 139. The highest BCUT2D eigenvalue weighted by atomic mass is 15.0. The molecule has 0 amide bonds. The molecule has 13 heavy (non-hydrogen) atoms. The standard InChI is InChI=1S/C11H24N2/c1-10(2)12-8-5-9-13-11(3)6-4-7-11/h10,12-13H,4-9H2,1-3H3. The molecule has 0 aromatic rings. The van der Waals surface area contributed by atoms with Gasteiger partial charge < -0.3 is 10.6 Å². The van der Waals surface area contributed by atoms with Gasteiger partial charge in [0.15, 0.2) is 0 Å². The number of rotatable bonds is 6. The monoisotopic (exact) mass is 184 g/mol. The smallest absolute Gasteiger partial charge is 0.0153 e. The van der Waals surface area contributed by atoms with Crippen LogP contribution in [0.2, 0.25) is 0 Å². The summed E-state index contributed by atoms with van der Waals surface area (Å²) < 4.78 is 0. The summed E-state index contributed by atoms with van der Waals surface area (Å²) in [5.74, 6) is 0. The van der Waals surface area contributed by atoms with Crippen LogP contribution in [0.1, 0.15) is 46.5 Å². The van der Waals surface area contributed by atoms with Gasteiger partial charge in [0.2, 0.25) is 0 Å². The Morgan fingerprint density at radius 3 is 2.38 bits per heavy atom. The molecule has 0 aromatic carbocycles. The molecule has 0 aliphatic heterocycles. The second-order valence-corrected chi connectivity index (χ2v) is 4.80. The Hall–Kier alpha value is -0.0800. The van der Waals surface area contributed by atoms with Gasteiger partial charge in [-0.2, -0.15) is 0 Å². The fourth-order valence-electron chi connectivity index (χ4n) is 1.75. The summed E-state index contributed by atoms with van der Waals surface area (Å²) >= 11 is 0. The zero-order valence-electron chi connectivity index (χ0n) is 9.32. The number of hydrogen-bond donors (Lipinski definition) is 2. The molecule has 0 heterocycles. The Morgan fingerprint density at radius 2 is 1.92 bits per heavy atom. The van der Waals surface area contributed by atoms with E-state index in [-0.39, 0.29) is 0 Å². The lowest BCUT2D eigenvalue weighted by Crippen LogP contribution is -2.48. The van der Waals surface area contributed by atoms with Crippen molar-refractivity contribution in [1.29, 1.82) is 0 Å². The molecular weight excluding hydrogens is 160 g/mol. The third-order valence-electron chi connectivity index (χ3n) is 2.92. The van der Waals surface area contributed by atoms with Crippen molar-refractivity contribution in [1.82, 2.24) is 10.6 Å². The Labute approximate surface area is 82.5 Å². The van der Waals surface area contributed by atoms with Gasteiger partial charge in [-0.05, 0) is 45.7 Å². The van der Waals surface area contributed by atoms with E-state index in [1.807, 2.05) is 0 Å². The Balaban J connectivity index is 1.89. The quantitative estimate of drug-likeness (QED) is 0.616. The van der Waals surface area contributed by atoms with Crippen molar-refractivity contribution in [2.45, 2.75) is 58.0 Å². The highest BCUT2D eigenvalue weighted by molar-refractivity contribution is 4.91. The summed E-state index contributed by atoms with van der Waals surface area (Å²) in [6.07, 6.45) is 5.39. The van der Waals surface area contributed by atoms with Crippen LogP contribution in [-0.4, -0.2) is 24.7 Å². The molecule has 2 heteroatoms. The molecule has 1 aliphatic carbocycles. The summed E-state index contributed by atoms with van der Waals surface area (Å²) in [4.78, 5) is 0. The van der Waals surface area contributed by atoms with Crippen molar-refractivity contribution in [2.75, 3.05) is 13.1 Å². The Morgan fingerprint density at radius 1 is 1.23 bits per heavy atom. The molecule has 0 spiro atoms. The lowest BCUT2D eigenvalue weighted by atomic mass is 9.78. The summed E-state index contributed by atoms with van der Waals surface area (Å²) in [5.41, 5.74) is 0.484. The van der Waals surface area contributed by atoms with E-state index in [0.717, 1.165) is 13.1 Å². The minimum Gasteiger partial charge on any atom is -0.314 e. The van der Waals surface area contributed by atoms with Crippen molar-refractivity contribution in [3.05, 3.63) is 0 Å². The van der Waals surface area contributed by atoms with E-state index in [0.29, 0.717) is 11.6 Å². The van der Waals surface area contributed by atoms with Crippen LogP contribution in [0.25, 0.3) is 0 Å².